The number of hydrogen-bond acceptors (Lipinski definition) is 3. The van der Waals surface area contributed by atoms with E-state index in [1.54, 1.807) is 7.11 Å². The van der Waals surface area contributed by atoms with Crippen molar-refractivity contribution >= 4 is 27.6 Å². The quantitative estimate of drug-likeness (QED) is 0.721. The maximum atomic E-state index is 11.9. The van der Waals surface area contributed by atoms with Crippen LogP contribution in [0.1, 0.15) is 11.1 Å². The lowest BCUT2D eigenvalue weighted by Gasteiger charge is -2.12. The van der Waals surface area contributed by atoms with Crippen molar-refractivity contribution in [3.63, 3.8) is 0 Å². The van der Waals surface area contributed by atoms with Gasteiger partial charge in [-0.15, -0.1) is 0 Å². The van der Waals surface area contributed by atoms with Crippen LogP contribution < -0.4 is 20.1 Å². The van der Waals surface area contributed by atoms with E-state index in [4.69, 9.17) is 9.47 Å². The van der Waals surface area contributed by atoms with Crippen molar-refractivity contribution in [2.45, 2.75) is 13.8 Å². The highest BCUT2D eigenvalue weighted by molar-refractivity contribution is 9.10. The first kappa shape index (κ1) is 18.1. The molecule has 0 aromatic heterocycles. The van der Waals surface area contributed by atoms with E-state index in [9.17, 15) is 4.79 Å². The molecule has 0 saturated carbocycles. The molecule has 6 heteroatoms. The number of rotatable bonds is 6. The van der Waals surface area contributed by atoms with Crippen LogP contribution in [0.2, 0.25) is 0 Å². The van der Waals surface area contributed by atoms with Crippen molar-refractivity contribution in [1.29, 1.82) is 0 Å². The van der Waals surface area contributed by atoms with Crippen LogP contribution >= 0.6 is 15.9 Å². The minimum absolute atomic E-state index is 0.267. The van der Waals surface area contributed by atoms with E-state index in [2.05, 4.69) is 26.6 Å². The Labute approximate surface area is 150 Å². The van der Waals surface area contributed by atoms with Crippen LogP contribution in [-0.2, 0) is 0 Å². The number of anilines is 1. The highest BCUT2D eigenvalue weighted by atomic mass is 79.9. The normalized spacial score (nSPS) is 10.2. The Balaban J connectivity index is 1.77. The third-order valence-corrected chi connectivity index (χ3v) is 4.27. The summed E-state index contributed by atoms with van der Waals surface area (Å²) in [5.74, 6) is 1.35. The summed E-state index contributed by atoms with van der Waals surface area (Å²) in [6.07, 6.45) is 0. The minimum Gasteiger partial charge on any atom is -0.493 e. The summed E-state index contributed by atoms with van der Waals surface area (Å²) in [7, 11) is 1.60. The van der Waals surface area contributed by atoms with E-state index in [-0.39, 0.29) is 6.03 Å². The molecule has 2 rings (SSSR count). The molecule has 0 spiro atoms. The van der Waals surface area contributed by atoms with Crippen molar-refractivity contribution in [3.8, 4) is 11.5 Å². The van der Waals surface area contributed by atoms with Gasteiger partial charge in [0.2, 0.25) is 0 Å². The number of aryl methyl sites for hydroxylation is 2. The molecule has 0 saturated heterocycles. The van der Waals surface area contributed by atoms with E-state index >= 15 is 0 Å². The molecule has 0 heterocycles. The molecule has 0 aliphatic heterocycles. The third kappa shape index (κ3) is 5.16. The summed E-state index contributed by atoms with van der Waals surface area (Å²) in [5, 5.41) is 5.54. The number of urea groups is 1. The number of carbonyl (C=O) groups is 1. The molecule has 0 unspecified atom stereocenters. The van der Waals surface area contributed by atoms with Crippen LogP contribution in [0.4, 0.5) is 10.5 Å². The molecule has 0 atom stereocenters. The Morgan fingerprint density at radius 3 is 2.62 bits per heavy atom. The van der Waals surface area contributed by atoms with Gasteiger partial charge in [-0.1, -0.05) is 22.0 Å². The molecule has 128 valence electrons. The molecule has 0 radical (unpaired) electrons. The van der Waals surface area contributed by atoms with Gasteiger partial charge >= 0.3 is 6.03 Å². The van der Waals surface area contributed by atoms with E-state index in [1.165, 1.54) is 0 Å². The van der Waals surface area contributed by atoms with Crippen molar-refractivity contribution in [2.24, 2.45) is 0 Å². The van der Waals surface area contributed by atoms with Gasteiger partial charge < -0.3 is 20.1 Å². The Hall–Kier alpha value is -2.21. The van der Waals surface area contributed by atoms with Crippen molar-refractivity contribution in [2.75, 3.05) is 25.6 Å². The minimum atomic E-state index is -0.267. The highest BCUT2D eigenvalue weighted by Gasteiger charge is 2.06. The van der Waals surface area contributed by atoms with Gasteiger partial charge in [0.1, 0.15) is 6.61 Å². The van der Waals surface area contributed by atoms with Crippen molar-refractivity contribution < 1.29 is 14.3 Å². The molecule has 2 amide bonds. The van der Waals surface area contributed by atoms with E-state index in [0.29, 0.717) is 24.7 Å². The molecule has 24 heavy (non-hydrogen) atoms. The van der Waals surface area contributed by atoms with Gasteiger partial charge in [0, 0.05) is 10.2 Å². The van der Waals surface area contributed by atoms with Gasteiger partial charge in [-0.3, -0.25) is 0 Å². The molecular weight excluding hydrogens is 372 g/mol. The van der Waals surface area contributed by atoms with Gasteiger partial charge in [-0.2, -0.15) is 0 Å². The molecule has 0 fully saturated rings. The summed E-state index contributed by atoms with van der Waals surface area (Å²) in [4.78, 5) is 11.9. The van der Waals surface area contributed by atoms with Crippen LogP contribution in [0.25, 0.3) is 0 Å². The monoisotopic (exact) mass is 392 g/mol. The molecule has 0 bridgehead atoms. The molecule has 5 nitrogen and oxygen atoms in total. The SMILES string of the molecule is COc1cc(C)ccc1OCCNC(=O)Nc1ccc(Br)c(C)c1. The topological polar surface area (TPSA) is 59.6 Å². The standard InChI is InChI=1S/C18H21BrN2O3/c1-12-4-7-16(17(10-12)23-3)24-9-8-20-18(22)21-14-5-6-15(19)13(2)11-14/h4-7,10-11H,8-9H2,1-3H3,(H2,20,21,22). The fraction of sp³-hybridized carbons (Fsp3) is 0.278. The Morgan fingerprint density at radius 2 is 1.92 bits per heavy atom. The lowest BCUT2D eigenvalue weighted by atomic mass is 10.2. The van der Waals surface area contributed by atoms with Gasteiger partial charge in [-0.05, 0) is 55.3 Å². The van der Waals surface area contributed by atoms with E-state index in [1.807, 2.05) is 50.2 Å². The highest BCUT2D eigenvalue weighted by Crippen LogP contribution is 2.27. The van der Waals surface area contributed by atoms with Gasteiger partial charge in [0.15, 0.2) is 11.5 Å². The largest absolute Gasteiger partial charge is 0.493 e. The average molecular weight is 393 g/mol. The van der Waals surface area contributed by atoms with E-state index < -0.39 is 0 Å². The summed E-state index contributed by atoms with van der Waals surface area (Å²) < 4.78 is 11.9. The predicted octanol–water partition coefficient (Wildman–Crippen LogP) is 4.28. The van der Waals surface area contributed by atoms with Gasteiger partial charge in [0.05, 0.1) is 13.7 Å². The van der Waals surface area contributed by atoms with Crippen LogP contribution in [0.5, 0.6) is 11.5 Å². The van der Waals surface area contributed by atoms with Gasteiger partial charge in [0.25, 0.3) is 0 Å². The predicted molar refractivity (Wildman–Crippen MR) is 99.1 cm³/mol. The Bertz CT molecular complexity index is 719. The maximum Gasteiger partial charge on any atom is 0.319 e. The zero-order valence-electron chi connectivity index (χ0n) is 14.0. The zero-order chi connectivity index (χ0) is 17.5. The third-order valence-electron chi connectivity index (χ3n) is 3.38. The van der Waals surface area contributed by atoms with Gasteiger partial charge in [-0.25, -0.2) is 4.79 Å². The van der Waals surface area contributed by atoms with E-state index in [0.717, 1.165) is 21.3 Å². The second-order valence-corrected chi connectivity index (χ2v) is 6.20. The van der Waals surface area contributed by atoms with Crippen molar-refractivity contribution in [1.82, 2.24) is 5.32 Å². The summed E-state index contributed by atoms with van der Waals surface area (Å²) in [6.45, 7) is 4.70. The molecule has 0 aliphatic rings. The number of ether oxygens (including phenoxy) is 2. The number of benzene rings is 2. The van der Waals surface area contributed by atoms with Crippen LogP contribution in [0, 0.1) is 13.8 Å². The molecular formula is C18H21BrN2O3. The fourth-order valence-corrected chi connectivity index (χ4v) is 2.36. The first-order valence-corrected chi connectivity index (χ1v) is 8.37. The molecule has 2 N–H and O–H groups in total. The number of halogens is 1. The first-order chi connectivity index (χ1) is 11.5. The molecule has 2 aromatic carbocycles. The summed E-state index contributed by atoms with van der Waals surface area (Å²) in [6, 6.07) is 11.1. The molecule has 0 aliphatic carbocycles. The summed E-state index contributed by atoms with van der Waals surface area (Å²) in [5.41, 5.74) is 2.90. The Morgan fingerprint density at radius 1 is 1.12 bits per heavy atom. The first-order valence-electron chi connectivity index (χ1n) is 7.58. The average Bonchev–Trinajstić information content (AvgIpc) is 2.56. The lowest BCUT2D eigenvalue weighted by molar-refractivity contribution is 0.246. The van der Waals surface area contributed by atoms with Crippen LogP contribution in [0.3, 0.4) is 0 Å². The zero-order valence-corrected chi connectivity index (χ0v) is 15.6. The molecule has 2 aromatic rings. The summed E-state index contributed by atoms with van der Waals surface area (Å²) >= 11 is 3.43. The van der Waals surface area contributed by atoms with Crippen molar-refractivity contribution in [3.05, 3.63) is 52.0 Å². The second kappa shape index (κ2) is 8.59. The number of amides is 2. The number of carbonyl (C=O) groups excluding carboxylic acids is 1. The number of methoxy groups -OCH3 is 1. The van der Waals surface area contributed by atoms with Crippen LogP contribution in [0.15, 0.2) is 40.9 Å². The lowest BCUT2D eigenvalue weighted by Crippen LogP contribution is -2.32. The number of hydrogen-bond donors (Lipinski definition) is 2. The Kier molecular flexibility index (Phi) is 6.49. The maximum absolute atomic E-state index is 11.9. The number of nitrogens with one attached hydrogen (secondary N) is 2. The smallest absolute Gasteiger partial charge is 0.319 e. The van der Waals surface area contributed by atoms with Crippen LogP contribution in [-0.4, -0.2) is 26.3 Å². The second-order valence-electron chi connectivity index (χ2n) is 5.35. The fourth-order valence-electron chi connectivity index (χ4n) is 2.12.